The van der Waals surface area contributed by atoms with Crippen LogP contribution in [0, 0.1) is 0 Å². The Hall–Kier alpha value is -0.740. The van der Waals surface area contributed by atoms with Gasteiger partial charge in [0.2, 0.25) is 0 Å². The van der Waals surface area contributed by atoms with Gasteiger partial charge in [-0.15, -0.1) is 0 Å². The molecule has 0 saturated heterocycles. The summed E-state index contributed by atoms with van der Waals surface area (Å²) in [5, 5.41) is 0. The van der Waals surface area contributed by atoms with Gasteiger partial charge in [-0.2, -0.15) is 0 Å². The lowest BCUT2D eigenvalue weighted by molar-refractivity contribution is 1.26. The smallest absolute Gasteiger partial charge is 0.106 e. The maximum atomic E-state index is 3.95. The number of hydrogen-bond donors (Lipinski definition) is 0. The van der Waals surface area contributed by atoms with Gasteiger partial charge in [-0.25, -0.2) is 4.98 Å². The van der Waals surface area contributed by atoms with Gasteiger partial charge < -0.3 is 0 Å². The van der Waals surface area contributed by atoms with Crippen LogP contribution in [0.15, 0.2) is 58.0 Å². The minimum atomic E-state index is 0.862. The molecule has 0 aliphatic rings. The number of rotatable bonds is 0. The maximum Gasteiger partial charge on any atom is 0.106 e. The Morgan fingerprint density at radius 3 is 1.93 bits per heavy atom. The predicted molar refractivity (Wildman–Crippen MR) is 63.9 cm³/mol. The van der Waals surface area contributed by atoms with Crippen molar-refractivity contribution >= 4 is 31.9 Å². The minimum Gasteiger partial charge on any atom is -0.265 e. The molecular weight excluding hydrogens is 308 g/mol. The van der Waals surface area contributed by atoms with Crippen LogP contribution in [0.4, 0.5) is 0 Å². The van der Waals surface area contributed by atoms with Crippen LogP contribution < -0.4 is 0 Å². The fraction of sp³-hybridized carbons (Fsp3) is 0. The van der Waals surface area contributed by atoms with E-state index in [0.29, 0.717) is 0 Å². The molecule has 0 N–H and O–H groups in total. The highest BCUT2D eigenvalue weighted by Gasteiger charge is 1.84. The van der Waals surface area contributed by atoms with Crippen molar-refractivity contribution in [3.63, 3.8) is 0 Å². The van der Waals surface area contributed by atoms with Gasteiger partial charge in [0, 0.05) is 23.1 Å². The van der Waals surface area contributed by atoms with Crippen molar-refractivity contribution in [1.82, 2.24) is 9.97 Å². The molecule has 2 aromatic rings. The summed E-state index contributed by atoms with van der Waals surface area (Å²) >= 11 is 6.48. The zero-order valence-corrected chi connectivity index (χ0v) is 10.4. The number of aromatic nitrogens is 2. The van der Waals surface area contributed by atoms with E-state index in [0.717, 1.165) is 9.08 Å². The maximum absolute atomic E-state index is 3.95. The third-order valence-electron chi connectivity index (χ3n) is 1.26. The molecule has 0 atom stereocenters. The lowest BCUT2D eigenvalue weighted by atomic mass is 10.5. The van der Waals surface area contributed by atoms with Gasteiger partial charge in [-0.05, 0) is 56.1 Å². The number of halogens is 2. The Balaban J connectivity index is 0.000000146. The van der Waals surface area contributed by atoms with E-state index in [1.165, 1.54) is 0 Å². The Morgan fingerprint density at radius 1 is 0.929 bits per heavy atom. The Labute approximate surface area is 99.7 Å². The third kappa shape index (κ3) is 5.09. The Bertz CT molecular complexity index is 301. The standard InChI is InChI=1S/C5H3Br2N.C5H5N/c6-4-1-2-5(7)8-3-4;1-2-4-6-5-3-1/h1-3H;1-5H. The first kappa shape index (κ1) is 11.3. The molecule has 0 unspecified atom stereocenters. The molecule has 2 aromatic heterocycles. The molecule has 4 heteroatoms. The van der Waals surface area contributed by atoms with Gasteiger partial charge in [0.15, 0.2) is 0 Å². The van der Waals surface area contributed by atoms with E-state index >= 15 is 0 Å². The van der Waals surface area contributed by atoms with Crippen LogP contribution in [-0.2, 0) is 0 Å². The molecule has 0 fully saturated rings. The topological polar surface area (TPSA) is 25.8 Å². The first-order chi connectivity index (χ1) is 6.79. The molecule has 0 spiro atoms. The molecule has 14 heavy (non-hydrogen) atoms. The summed E-state index contributed by atoms with van der Waals surface area (Å²) in [4.78, 5) is 7.73. The largest absolute Gasteiger partial charge is 0.265 e. The lowest BCUT2D eigenvalue weighted by Gasteiger charge is -1.86. The molecular formula is C10H8Br2N2. The Morgan fingerprint density at radius 2 is 1.64 bits per heavy atom. The second kappa shape index (κ2) is 6.68. The van der Waals surface area contributed by atoms with Crippen molar-refractivity contribution in [2.24, 2.45) is 0 Å². The summed E-state index contributed by atoms with van der Waals surface area (Å²) in [6.07, 6.45) is 5.24. The summed E-state index contributed by atoms with van der Waals surface area (Å²) in [6.45, 7) is 0. The van der Waals surface area contributed by atoms with E-state index in [2.05, 4.69) is 41.8 Å². The van der Waals surface area contributed by atoms with Gasteiger partial charge in [-0.3, -0.25) is 4.98 Å². The fourth-order valence-electron chi connectivity index (χ4n) is 0.670. The zero-order chi connectivity index (χ0) is 10.2. The first-order valence-electron chi connectivity index (χ1n) is 3.91. The zero-order valence-electron chi connectivity index (χ0n) is 7.27. The average molecular weight is 316 g/mol. The molecule has 0 radical (unpaired) electrons. The highest BCUT2D eigenvalue weighted by atomic mass is 79.9. The molecule has 2 rings (SSSR count). The van der Waals surface area contributed by atoms with Crippen LogP contribution in [0.25, 0.3) is 0 Å². The highest BCUT2D eigenvalue weighted by Crippen LogP contribution is 2.10. The van der Waals surface area contributed by atoms with Gasteiger partial charge >= 0.3 is 0 Å². The van der Waals surface area contributed by atoms with Crippen molar-refractivity contribution < 1.29 is 0 Å². The van der Waals surface area contributed by atoms with Crippen molar-refractivity contribution in [2.45, 2.75) is 0 Å². The highest BCUT2D eigenvalue weighted by molar-refractivity contribution is 9.11. The van der Waals surface area contributed by atoms with E-state index in [1.54, 1.807) is 18.6 Å². The monoisotopic (exact) mass is 314 g/mol. The molecule has 0 aliphatic heterocycles. The molecule has 72 valence electrons. The van der Waals surface area contributed by atoms with Gasteiger partial charge in [0.25, 0.3) is 0 Å². The van der Waals surface area contributed by atoms with E-state index < -0.39 is 0 Å². The fourth-order valence-corrected chi connectivity index (χ4v) is 1.14. The van der Waals surface area contributed by atoms with Gasteiger partial charge in [-0.1, -0.05) is 6.07 Å². The quantitative estimate of drug-likeness (QED) is 0.693. The lowest BCUT2D eigenvalue weighted by Crippen LogP contribution is -1.70. The molecule has 0 bridgehead atoms. The van der Waals surface area contributed by atoms with E-state index in [-0.39, 0.29) is 0 Å². The summed E-state index contributed by atoms with van der Waals surface area (Å²) < 4.78 is 1.86. The second-order valence-electron chi connectivity index (χ2n) is 2.32. The number of pyridine rings is 2. The molecule has 2 nitrogen and oxygen atoms in total. The van der Waals surface area contributed by atoms with Crippen LogP contribution in [0.2, 0.25) is 0 Å². The van der Waals surface area contributed by atoms with Gasteiger partial charge in [0.1, 0.15) is 4.60 Å². The second-order valence-corrected chi connectivity index (χ2v) is 4.05. The van der Waals surface area contributed by atoms with Crippen LogP contribution in [-0.4, -0.2) is 9.97 Å². The van der Waals surface area contributed by atoms with Crippen LogP contribution in [0.3, 0.4) is 0 Å². The molecule has 0 aromatic carbocycles. The molecule has 0 amide bonds. The molecule has 2 heterocycles. The Kier molecular flexibility index (Phi) is 5.40. The van der Waals surface area contributed by atoms with Crippen molar-refractivity contribution in [1.29, 1.82) is 0 Å². The van der Waals surface area contributed by atoms with Crippen molar-refractivity contribution in [2.75, 3.05) is 0 Å². The third-order valence-corrected chi connectivity index (χ3v) is 2.20. The average Bonchev–Trinajstić information content (AvgIpc) is 2.26. The van der Waals surface area contributed by atoms with Crippen LogP contribution in [0.5, 0.6) is 0 Å². The van der Waals surface area contributed by atoms with Gasteiger partial charge in [0.05, 0.1) is 0 Å². The van der Waals surface area contributed by atoms with E-state index in [1.807, 2.05) is 30.3 Å². The van der Waals surface area contributed by atoms with Crippen molar-refractivity contribution in [3.05, 3.63) is 58.0 Å². The predicted octanol–water partition coefficient (Wildman–Crippen LogP) is 3.69. The first-order valence-corrected chi connectivity index (χ1v) is 5.49. The SMILES string of the molecule is Brc1ccc(Br)nc1.c1ccncc1. The van der Waals surface area contributed by atoms with Crippen LogP contribution >= 0.6 is 31.9 Å². The minimum absolute atomic E-state index is 0.862. The van der Waals surface area contributed by atoms with E-state index in [9.17, 15) is 0 Å². The molecule has 0 saturated carbocycles. The summed E-state index contributed by atoms with van der Waals surface area (Å²) in [5.41, 5.74) is 0. The number of nitrogens with zero attached hydrogens (tertiary/aromatic N) is 2. The summed E-state index contributed by atoms with van der Waals surface area (Å²) in [5.74, 6) is 0. The normalized spacial score (nSPS) is 8.71. The number of hydrogen-bond acceptors (Lipinski definition) is 2. The van der Waals surface area contributed by atoms with E-state index in [4.69, 9.17) is 0 Å². The summed E-state index contributed by atoms with van der Waals surface area (Å²) in [6, 6.07) is 9.52. The van der Waals surface area contributed by atoms with Crippen LogP contribution in [0.1, 0.15) is 0 Å². The summed E-state index contributed by atoms with van der Waals surface area (Å²) in [7, 11) is 0. The molecule has 0 aliphatic carbocycles. The van der Waals surface area contributed by atoms with Crippen molar-refractivity contribution in [3.8, 4) is 0 Å².